The number of nitrogens with one attached hydrogen (secondary N) is 2. The van der Waals surface area contributed by atoms with Crippen molar-refractivity contribution in [2.45, 2.75) is 16.7 Å². The molecule has 0 atom stereocenters. The summed E-state index contributed by atoms with van der Waals surface area (Å²) in [7, 11) is -3.57. The van der Waals surface area contributed by atoms with Crippen LogP contribution in [0, 0.1) is 0 Å². The largest absolute Gasteiger partial charge is 0.284 e. The molecule has 0 spiro atoms. The quantitative estimate of drug-likeness (QED) is 0.826. The summed E-state index contributed by atoms with van der Waals surface area (Å²) in [4.78, 5) is 1.03. The molecule has 0 aliphatic heterocycles. The van der Waals surface area contributed by atoms with Gasteiger partial charge >= 0.3 is 0 Å². The minimum absolute atomic E-state index is 0.124. The van der Waals surface area contributed by atoms with Crippen molar-refractivity contribution < 1.29 is 8.42 Å². The molecule has 0 saturated carbocycles. The van der Waals surface area contributed by atoms with E-state index >= 15 is 0 Å². The molecule has 0 bridgehead atoms. The fraction of sp³-hybridized carbons (Fsp3) is 0.182. The lowest BCUT2D eigenvalue weighted by Gasteiger charge is -2.10. The number of H-pyrrole nitrogens is 1. The van der Waals surface area contributed by atoms with Crippen LogP contribution in [0.1, 0.15) is 6.92 Å². The molecular formula is C11H13N3O2S2. The molecule has 0 unspecified atom stereocenters. The van der Waals surface area contributed by atoms with Gasteiger partial charge in [-0.1, -0.05) is 19.1 Å². The number of thioether (sulfide) groups is 1. The summed E-state index contributed by atoms with van der Waals surface area (Å²) < 4.78 is 26.6. The summed E-state index contributed by atoms with van der Waals surface area (Å²) in [5, 5.41) is 6.13. The fourth-order valence-electron chi connectivity index (χ4n) is 1.42. The smallest absolute Gasteiger partial charge is 0.265 e. The van der Waals surface area contributed by atoms with Crippen LogP contribution in [-0.4, -0.2) is 24.4 Å². The molecule has 96 valence electrons. The maximum Gasteiger partial charge on any atom is 0.265 e. The standard InChI is InChI=1S/C11H13N3O2S2/c1-2-17-11-6-4-3-5-10(11)14-18(15,16)9-7-12-13-8-9/h3-8,14H,2H2,1H3,(H,12,13). The van der Waals surface area contributed by atoms with Crippen LogP contribution in [0.25, 0.3) is 0 Å². The summed E-state index contributed by atoms with van der Waals surface area (Å²) in [6, 6.07) is 7.32. The van der Waals surface area contributed by atoms with Crippen molar-refractivity contribution >= 4 is 27.5 Å². The van der Waals surface area contributed by atoms with Gasteiger partial charge in [0.25, 0.3) is 10.0 Å². The van der Waals surface area contributed by atoms with Crippen LogP contribution in [0.3, 0.4) is 0 Å². The first-order chi connectivity index (χ1) is 8.63. The van der Waals surface area contributed by atoms with E-state index in [4.69, 9.17) is 0 Å². The second-order valence-corrected chi connectivity index (χ2v) is 6.46. The molecule has 0 aliphatic carbocycles. The molecule has 1 aromatic carbocycles. The van der Waals surface area contributed by atoms with Crippen molar-refractivity contribution in [3.8, 4) is 0 Å². The Hall–Kier alpha value is -1.47. The fourth-order valence-corrected chi connectivity index (χ4v) is 3.23. The number of nitrogens with zero attached hydrogens (tertiary/aromatic N) is 1. The lowest BCUT2D eigenvalue weighted by Crippen LogP contribution is -2.12. The Kier molecular flexibility index (Phi) is 3.93. The molecule has 2 aromatic rings. The molecular weight excluding hydrogens is 270 g/mol. The maximum absolute atomic E-state index is 12.0. The van der Waals surface area contributed by atoms with E-state index in [0.717, 1.165) is 10.6 Å². The van der Waals surface area contributed by atoms with Gasteiger partial charge in [-0.2, -0.15) is 5.10 Å². The first-order valence-electron chi connectivity index (χ1n) is 5.37. The monoisotopic (exact) mass is 283 g/mol. The topological polar surface area (TPSA) is 74.8 Å². The summed E-state index contributed by atoms with van der Waals surface area (Å²) in [5.74, 6) is 0.879. The van der Waals surface area contributed by atoms with Crippen molar-refractivity contribution in [1.82, 2.24) is 10.2 Å². The third-order valence-corrected chi connectivity index (χ3v) is 4.50. The van der Waals surface area contributed by atoms with Gasteiger partial charge in [0, 0.05) is 11.1 Å². The molecule has 0 saturated heterocycles. The normalized spacial score (nSPS) is 11.4. The lowest BCUT2D eigenvalue weighted by atomic mass is 10.3. The summed E-state index contributed by atoms with van der Waals surface area (Å²) in [6.07, 6.45) is 2.62. The number of hydrogen-bond acceptors (Lipinski definition) is 4. The van der Waals surface area contributed by atoms with E-state index in [-0.39, 0.29) is 4.90 Å². The molecule has 5 nitrogen and oxygen atoms in total. The van der Waals surface area contributed by atoms with Crippen LogP contribution in [-0.2, 0) is 10.0 Å². The highest BCUT2D eigenvalue weighted by Gasteiger charge is 2.16. The van der Waals surface area contributed by atoms with Crippen LogP contribution in [0.2, 0.25) is 0 Å². The Labute approximate surface area is 110 Å². The van der Waals surface area contributed by atoms with Gasteiger partial charge in [-0.15, -0.1) is 11.8 Å². The van der Waals surface area contributed by atoms with Crippen molar-refractivity contribution in [1.29, 1.82) is 0 Å². The van der Waals surface area contributed by atoms with E-state index in [1.54, 1.807) is 23.9 Å². The highest BCUT2D eigenvalue weighted by Crippen LogP contribution is 2.28. The highest BCUT2D eigenvalue weighted by atomic mass is 32.2. The van der Waals surface area contributed by atoms with Crippen LogP contribution in [0.15, 0.2) is 46.5 Å². The van der Waals surface area contributed by atoms with Crippen molar-refractivity contribution in [2.75, 3.05) is 10.5 Å². The number of benzene rings is 1. The number of hydrogen-bond donors (Lipinski definition) is 2. The zero-order valence-corrected chi connectivity index (χ0v) is 11.4. The van der Waals surface area contributed by atoms with Gasteiger partial charge in [-0.3, -0.25) is 9.82 Å². The molecule has 7 heteroatoms. The molecule has 0 aliphatic rings. The summed E-state index contributed by atoms with van der Waals surface area (Å²) in [6.45, 7) is 2.02. The number of aromatic amines is 1. The third kappa shape index (κ3) is 2.85. The highest BCUT2D eigenvalue weighted by molar-refractivity contribution is 7.99. The number of para-hydroxylation sites is 1. The van der Waals surface area contributed by atoms with Crippen LogP contribution >= 0.6 is 11.8 Å². The molecule has 1 heterocycles. The second kappa shape index (κ2) is 5.45. The minimum Gasteiger partial charge on any atom is -0.284 e. The van der Waals surface area contributed by atoms with Crippen LogP contribution in [0.4, 0.5) is 5.69 Å². The van der Waals surface area contributed by atoms with E-state index in [1.165, 1.54) is 12.4 Å². The SMILES string of the molecule is CCSc1ccccc1NS(=O)(=O)c1cn[nH]c1. The van der Waals surface area contributed by atoms with Gasteiger partial charge < -0.3 is 0 Å². The average molecular weight is 283 g/mol. The van der Waals surface area contributed by atoms with Crippen molar-refractivity contribution in [3.05, 3.63) is 36.7 Å². The minimum atomic E-state index is -3.57. The van der Waals surface area contributed by atoms with E-state index in [1.807, 2.05) is 19.1 Å². The molecule has 2 N–H and O–H groups in total. The first-order valence-corrected chi connectivity index (χ1v) is 7.84. The first kappa shape index (κ1) is 13.0. The molecule has 0 radical (unpaired) electrons. The van der Waals surface area contributed by atoms with E-state index in [0.29, 0.717) is 5.69 Å². The predicted octanol–water partition coefficient (Wildman–Crippen LogP) is 2.32. The Morgan fingerprint density at radius 2 is 2.17 bits per heavy atom. The molecule has 0 fully saturated rings. The van der Waals surface area contributed by atoms with Crippen LogP contribution < -0.4 is 4.72 Å². The Morgan fingerprint density at radius 3 is 2.83 bits per heavy atom. The van der Waals surface area contributed by atoms with E-state index in [2.05, 4.69) is 14.9 Å². The van der Waals surface area contributed by atoms with E-state index < -0.39 is 10.0 Å². The Morgan fingerprint density at radius 1 is 1.39 bits per heavy atom. The molecule has 1 aromatic heterocycles. The van der Waals surface area contributed by atoms with Gasteiger partial charge in [0.15, 0.2) is 0 Å². The molecule has 18 heavy (non-hydrogen) atoms. The van der Waals surface area contributed by atoms with Crippen molar-refractivity contribution in [2.24, 2.45) is 0 Å². The van der Waals surface area contributed by atoms with Gasteiger partial charge in [0.05, 0.1) is 11.9 Å². The van der Waals surface area contributed by atoms with Gasteiger partial charge in [0.1, 0.15) is 4.90 Å². The zero-order chi connectivity index (χ0) is 13.0. The van der Waals surface area contributed by atoms with Gasteiger partial charge in [-0.25, -0.2) is 8.42 Å². The number of anilines is 1. The number of sulfonamides is 1. The van der Waals surface area contributed by atoms with Gasteiger partial charge in [0.2, 0.25) is 0 Å². The summed E-state index contributed by atoms with van der Waals surface area (Å²) >= 11 is 1.59. The molecule has 0 amide bonds. The van der Waals surface area contributed by atoms with Crippen LogP contribution in [0.5, 0.6) is 0 Å². The Balaban J connectivity index is 2.29. The van der Waals surface area contributed by atoms with E-state index in [9.17, 15) is 8.42 Å². The maximum atomic E-state index is 12.0. The third-order valence-electron chi connectivity index (χ3n) is 2.21. The Bertz CT molecular complexity index is 609. The van der Waals surface area contributed by atoms with Gasteiger partial charge in [-0.05, 0) is 17.9 Å². The summed E-state index contributed by atoms with van der Waals surface area (Å²) in [5.41, 5.74) is 0.588. The average Bonchev–Trinajstić information content (AvgIpc) is 2.86. The molecule has 2 rings (SSSR count). The number of rotatable bonds is 5. The predicted molar refractivity (Wildman–Crippen MR) is 72.2 cm³/mol. The number of aromatic nitrogens is 2. The zero-order valence-electron chi connectivity index (χ0n) is 9.75. The van der Waals surface area contributed by atoms with Crippen molar-refractivity contribution in [3.63, 3.8) is 0 Å². The lowest BCUT2D eigenvalue weighted by molar-refractivity contribution is 0.601. The second-order valence-electron chi connectivity index (χ2n) is 3.47.